The molecule has 6 heteroatoms. The molecule has 1 aliphatic rings. The zero-order chi connectivity index (χ0) is 15.4. The topological polar surface area (TPSA) is 48.7 Å². The molecule has 0 spiro atoms. The lowest BCUT2D eigenvalue weighted by molar-refractivity contribution is 0.137. The van der Waals surface area contributed by atoms with Crippen LogP contribution in [0.25, 0.3) is 0 Å². The molecule has 1 saturated heterocycles. The smallest absolute Gasteiger partial charge is 0.321 e. The Labute approximate surface area is 138 Å². The Kier molecular flexibility index (Phi) is 4.80. The molecule has 22 heavy (non-hydrogen) atoms. The van der Waals surface area contributed by atoms with Gasteiger partial charge in [0.2, 0.25) is 0 Å². The van der Waals surface area contributed by atoms with Crippen molar-refractivity contribution < 1.29 is 9.21 Å². The van der Waals surface area contributed by atoms with Crippen LogP contribution in [0.5, 0.6) is 0 Å². The van der Waals surface area contributed by atoms with E-state index in [1.165, 1.54) is 0 Å². The molecule has 0 bridgehead atoms. The maximum atomic E-state index is 12.2. The van der Waals surface area contributed by atoms with Gasteiger partial charge in [-0.05, 0) is 36.4 Å². The average molecular weight is 364 g/mol. The fourth-order valence-electron chi connectivity index (χ4n) is 2.47. The van der Waals surface area contributed by atoms with Crippen molar-refractivity contribution in [3.05, 3.63) is 52.9 Å². The van der Waals surface area contributed by atoms with Gasteiger partial charge in [-0.15, -0.1) is 0 Å². The summed E-state index contributed by atoms with van der Waals surface area (Å²) in [5.74, 6) is 0.966. The van der Waals surface area contributed by atoms with Gasteiger partial charge in [0.1, 0.15) is 5.76 Å². The molecule has 5 nitrogen and oxygen atoms in total. The minimum absolute atomic E-state index is 0.0417. The van der Waals surface area contributed by atoms with Gasteiger partial charge in [0.25, 0.3) is 0 Å². The highest BCUT2D eigenvalue weighted by atomic mass is 79.9. The number of urea groups is 1. The van der Waals surface area contributed by atoms with Crippen molar-refractivity contribution >= 4 is 27.6 Å². The van der Waals surface area contributed by atoms with Crippen LogP contribution in [-0.2, 0) is 6.54 Å². The minimum Gasteiger partial charge on any atom is -0.468 e. The molecule has 1 aromatic carbocycles. The Balaban J connectivity index is 1.48. The number of furan rings is 1. The summed E-state index contributed by atoms with van der Waals surface area (Å²) in [7, 11) is 0. The lowest BCUT2D eigenvalue weighted by atomic mass is 10.3. The largest absolute Gasteiger partial charge is 0.468 e. The number of halogens is 1. The molecule has 0 radical (unpaired) electrons. The molecular formula is C16H18BrN3O2. The highest BCUT2D eigenvalue weighted by Crippen LogP contribution is 2.15. The van der Waals surface area contributed by atoms with Crippen molar-refractivity contribution in [3.63, 3.8) is 0 Å². The molecule has 0 atom stereocenters. The van der Waals surface area contributed by atoms with Crippen LogP contribution < -0.4 is 5.32 Å². The summed E-state index contributed by atoms with van der Waals surface area (Å²) in [4.78, 5) is 16.4. The molecule has 3 rings (SSSR count). The molecule has 0 aliphatic carbocycles. The van der Waals surface area contributed by atoms with Gasteiger partial charge in [0.05, 0.1) is 12.8 Å². The number of piperazine rings is 1. The summed E-state index contributed by atoms with van der Waals surface area (Å²) >= 11 is 3.38. The lowest BCUT2D eigenvalue weighted by Gasteiger charge is -2.34. The molecule has 116 valence electrons. The molecule has 1 N–H and O–H groups in total. The van der Waals surface area contributed by atoms with Gasteiger partial charge in [-0.25, -0.2) is 4.79 Å². The van der Waals surface area contributed by atoms with Crippen molar-refractivity contribution in [2.75, 3.05) is 31.5 Å². The van der Waals surface area contributed by atoms with Crippen molar-refractivity contribution in [2.45, 2.75) is 6.54 Å². The Morgan fingerprint density at radius 2 is 1.86 bits per heavy atom. The van der Waals surface area contributed by atoms with E-state index in [9.17, 15) is 4.79 Å². The fourth-order valence-corrected chi connectivity index (χ4v) is 2.73. The number of amides is 2. The molecule has 2 heterocycles. The zero-order valence-corrected chi connectivity index (χ0v) is 13.8. The van der Waals surface area contributed by atoms with Gasteiger partial charge in [-0.3, -0.25) is 4.90 Å². The van der Waals surface area contributed by atoms with Crippen molar-refractivity contribution in [2.24, 2.45) is 0 Å². The van der Waals surface area contributed by atoms with Crippen molar-refractivity contribution in [3.8, 4) is 0 Å². The standard InChI is InChI=1S/C16H18BrN3O2/c17-13-3-5-14(6-4-13)18-16(21)20-9-7-19(8-10-20)12-15-2-1-11-22-15/h1-6,11H,7-10,12H2,(H,18,21). The normalized spacial score (nSPS) is 15.8. The quantitative estimate of drug-likeness (QED) is 0.908. The number of nitrogens with one attached hydrogen (secondary N) is 1. The van der Waals surface area contributed by atoms with E-state index >= 15 is 0 Å². The Morgan fingerprint density at radius 3 is 2.50 bits per heavy atom. The van der Waals surface area contributed by atoms with Crippen LogP contribution in [0, 0.1) is 0 Å². The monoisotopic (exact) mass is 363 g/mol. The zero-order valence-electron chi connectivity index (χ0n) is 12.2. The average Bonchev–Trinajstić information content (AvgIpc) is 3.03. The van der Waals surface area contributed by atoms with Crippen molar-refractivity contribution in [1.29, 1.82) is 0 Å². The Bertz CT molecular complexity index is 605. The van der Waals surface area contributed by atoms with Gasteiger partial charge in [0, 0.05) is 36.3 Å². The second-order valence-corrected chi connectivity index (χ2v) is 6.20. The van der Waals surface area contributed by atoms with Gasteiger partial charge in [0.15, 0.2) is 0 Å². The number of nitrogens with zero attached hydrogens (tertiary/aromatic N) is 2. The van der Waals surface area contributed by atoms with E-state index in [0.717, 1.165) is 48.6 Å². The summed E-state index contributed by atoms with van der Waals surface area (Å²) in [6.07, 6.45) is 1.69. The van der Waals surface area contributed by atoms with Crippen LogP contribution in [0.1, 0.15) is 5.76 Å². The number of anilines is 1. The van der Waals surface area contributed by atoms with Crippen LogP contribution in [0.2, 0.25) is 0 Å². The molecule has 1 fully saturated rings. The van der Waals surface area contributed by atoms with E-state index in [1.807, 2.05) is 41.3 Å². The first kappa shape index (κ1) is 15.1. The molecule has 0 unspecified atom stereocenters. The highest BCUT2D eigenvalue weighted by molar-refractivity contribution is 9.10. The second kappa shape index (κ2) is 6.98. The third kappa shape index (κ3) is 3.90. The van der Waals surface area contributed by atoms with E-state index in [2.05, 4.69) is 26.1 Å². The van der Waals surface area contributed by atoms with E-state index in [-0.39, 0.29) is 6.03 Å². The number of rotatable bonds is 3. The Hall–Kier alpha value is -1.79. The van der Waals surface area contributed by atoms with Crippen LogP contribution in [-0.4, -0.2) is 42.0 Å². The first-order valence-corrected chi connectivity index (χ1v) is 8.06. The SMILES string of the molecule is O=C(Nc1ccc(Br)cc1)N1CCN(Cc2ccco2)CC1. The molecule has 1 aliphatic heterocycles. The first-order valence-electron chi connectivity index (χ1n) is 7.27. The maximum Gasteiger partial charge on any atom is 0.321 e. The summed E-state index contributed by atoms with van der Waals surface area (Å²) in [6.45, 7) is 3.96. The number of carbonyl (C=O) groups excluding carboxylic acids is 1. The lowest BCUT2D eigenvalue weighted by Crippen LogP contribution is -2.49. The minimum atomic E-state index is -0.0417. The molecule has 2 aromatic rings. The third-order valence-electron chi connectivity index (χ3n) is 3.71. The third-order valence-corrected chi connectivity index (χ3v) is 4.24. The maximum absolute atomic E-state index is 12.2. The second-order valence-electron chi connectivity index (χ2n) is 5.28. The molecule has 1 aromatic heterocycles. The summed E-state index contributed by atoms with van der Waals surface area (Å²) in [5, 5.41) is 2.93. The van der Waals surface area contributed by atoms with E-state index in [0.29, 0.717) is 0 Å². The van der Waals surface area contributed by atoms with Gasteiger partial charge in [-0.2, -0.15) is 0 Å². The van der Waals surface area contributed by atoms with Crippen LogP contribution in [0.15, 0.2) is 51.6 Å². The summed E-state index contributed by atoms with van der Waals surface area (Å²) in [5.41, 5.74) is 0.811. The van der Waals surface area contributed by atoms with E-state index in [1.54, 1.807) is 6.26 Å². The van der Waals surface area contributed by atoms with E-state index in [4.69, 9.17) is 4.42 Å². The molecule has 0 saturated carbocycles. The van der Waals surface area contributed by atoms with Gasteiger partial charge < -0.3 is 14.6 Å². The summed E-state index contributed by atoms with van der Waals surface area (Å²) in [6, 6.07) is 11.4. The van der Waals surface area contributed by atoms with Crippen LogP contribution in [0.4, 0.5) is 10.5 Å². The number of hydrogen-bond acceptors (Lipinski definition) is 3. The first-order chi connectivity index (χ1) is 10.7. The van der Waals surface area contributed by atoms with Gasteiger partial charge >= 0.3 is 6.03 Å². The number of benzene rings is 1. The van der Waals surface area contributed by atoms with Crippen molar-refractivity contribution in [1.82, 2.24) is 9.80 Å². The van der Waals surface area contributed by atoms with E-state index < -0.39 is 0 Å². The Morgan fingerprint density at radius 1 is 1.14 bits per heavy atom. The number of carbonyl (C=O) groups is 1. The number of hydrogen-bond donors (Lipinski definition) is 1. The fraction of sp³-hybridized carbons (Fsp3) is 0.312. The molecule has 2 amide bonds. The predicted octanol–water partition coefficient (Wildman–Crippen LogP) is 3.39. The predicted molar refractivity (Wildman–Crippen MR) is 88.7 cm³/mol. The van der Waals surface area contributed by atoms with Gasteiger partial charge in [-0.1, -0.05) is 15.9 Å². The molecular weight excluding hydrogens is 346 g/mol. The highest BCUT2D eigenvalue weighted by Gasteiger charge is 2.21. The van der Waals surface area contributed by atoms with Crippen LogP contribution >= 0.6 is 15.9 Å². The summed E-state index contributed by atoms with van der Waals surface area (Å²) < 4.78 is 6.36. The van der Waals surface area contributed by atoms with Crippen LogP contribution in [0.3, 0.4) is 0 Å².